The molecular weight excluding hydrogens is 350 g/mol. The Bertz CT molecular complexity index is 891. The summed E-state index contributed by atoms with van der Waals surface area (Å²) in [5.74, 6) is 1.69. The fraction of sp³-hybridized carbons (Fsp3) is 0.261. The molecule has 1 saturated heterocycles. The van der Waals surface area contributed by atoms with Crippen molar-refractivity contribution in [3.8, 4) is 11.5 Å². The summed E-state index contributed by atoms with van der Waals surface area (Å²) in [5.41, 5.74) is 2.30. The van der Waals surface area contributed by atoms with Gasteiger partial charge in [0.1, 0.15) is 11.5 Å². The smallest absolute Gasteiger partial charge is 0.246 e. The molecule has 0 bridgehead atoms. The first-order chi connectivity index (χ1) is 13.6. The molecule has 4 rings (SSSR count). The van der Waals surface area contributed by atoms with Crippen molar-refractivity contribution in [3.05, 3.63) is 79.1 Å². The second kappa shape index (κ2) is 7.80. The van der Waals surface area contributed by atoms with Gasteiger partial charge in [-0.2, -0.15) is 0 Å². The number of aryl methyl sites for hydroxylation is 1. The van der Waals surface area contributed by atoms with E-state index in [2.05, 4.69) is 53.9 Å². The number of hydrogen-bond acceptors (Lipinski definition) is 4. The first kappa shape index (κ1) is 18.2. The van der Waals surface area contributed by atoms with Crippen molar-refractivity contribution in [1.82, 2.24) is 9.80 Å². The number of carbonyl (C=O) groups is 1. The molecule has 0 aliphatic carbocycles. The Balaban J connectivity index is 1.35. The first-order valence-electron chi connectivity index (χ1n) is 9.59. The molecule has 0 spiro atoms. The van der Waals surface area contributed by atoms with Gasteiger partial charge in [-0.3, -0.25) is 4.79 Å². The lowest BCUT2D eigenvalue weighted by molar-refractivity contribution is -0.125. The second-order valence-electron chi connectivity index (χ2n) is 7.27. The van der Waals surface area contributed by atoms with E-state index in [0.29, 0.717) is 6.04 Å². The number of anilines is 1. The lowest BCUT2D eigenvalue weighted by Gasteiger charge is -2.26. The molecule has 0 aromatic heterocycles. The highest BCUT2D eigenvalue weighted by atomic mass is 16.5. The molecule has 2 aromatic rings. The summed E-state index contributed by atoms with van der Waals surface area (Å²) in [4.78, 5) is 18.2. The second-order valence-corrected chi connectivity index (χ2v) is 7.27. The standard InChI is InChI=1S/C23H25N3O2/c1-3-23(27)24-12-11-20(16-24)26-14-13-25(17-26)19-7-9-21(10-8-19)28-22-6-4-5-18(2)15-22/h3-10,13-15,20H,1,11-12,16-17H2,2H3/t20-/m1/s1. The van der Waals surface area contributed by atoms with Crippen LogP contribution in [0.15, 0.2) is 73.6 Å². The van der Waals surface area contributed by atoms with Crippen molar-refractivity contribution in [2.45, 2.75) is 19.4 Å². The molecule has 0 saturated carbocycles. The maximum absolute atomic E-state index is 11.8. The number of amides is 1. The third-order valence-corrected chi connectivity index (χ3v) is 5.27. The Morgan fingerprint density at radius 1 is 1.14 bits per heavy atom. The summed E-state index contributed by atoms with van der Waals surface area (Å²) in [7, 11) is 0. The average molecular weight is 375 g/mol. The maximum Gasteiger partial charge on any atom is 0.246 e. The van der Waals surface area contributed by atoms with Crippen LogP contribution < -0.4 is 9.64 Å². The predicted octanol–water partition coefficient (Wildman–Crippen LogP) is 4.12. The van der Waals surface area contributed by atoms with Crippen LogP contribution in [0.4, 0.5) is 5.69 Å². The van der Waals surface area contributed by atoms with Crippen molar-refractivity contribution < 1.29 is 9.53 Å². The van der Waals surface area contributed by atoms with E-state index >= 15 is 0 Å². The number of ether oxygens (including phenoxy) is 1. The molecule has 0 N–H and O–H groups in total. The van der Waals surface area contributed by atoms with Crippen LogP contribution in [0.25, 0.3) is 0 Å². The van der Waals surface area contributed by atoms with Crippen LogP contribution in [0.5, 0.6) is 11.5 Å². The minimum atomic E-state index is 0.0201. The molecule has 1 atom stereocenters. The molecule has 2 aromatic carbocycles. The fourth-order valence-electron chi connectivity index (χ4n) is 3.70. The molecule has 5 nitrogen and oxygen atoms in total. The van der Waals surface area contributed by atoms with Gasteiger partial charge in [0.05, 0.1) is 6.67 Å². The number of hydrogen-bond donors (Lipinski definition) is 0. The topological polar surface area (TPSA) is 36.0 Å². The summed E-state index contributed by atoms with van der Waals surface area (Å²) in [6.45, 7) is 7.98. The van der Waals surface area contributed by atoms with E-state index in [1.807, 2.05) is 35.2 Å². The molecule has 2 aliphatic heterocycles. The number of rotatable bonds is 5. The molecule has 144 valence electrons. The number of benzene rings is 2. The van der Waals surface area contributed by atoms with E-state index in [1.54, 1.807) is 0 Å². The zero-order valence-electron chi connectivity index (χ0n) is 16.1. The van der Waals surface area contributed by atoms with Gasteiger partial charge in [-0.15, -0.1) is 0 Å². The van der Waals surface area contributed by atoms with Crippen LogP contribution in [0.3, 0.4) is 0 Å². The summed E-state index contributed by atoms with van der Waals surface area (Å²) >= 11 is 0. The maximum atomic E-state index is 11.8. The summed E-state index contributed by atoms with van der Waals surface area (Å²) in [5, 5.41) is 0. The monoisotopic (exact) mass is 375 g/mol. The lowest BCUT2D eigenvalue weighted by Crippen LogP contribution is -2.37. The van der Waals surface area contributed by atoms with Crippen LogP contribution in [-0.2, 0) is 4.79 Å². The van der Waals surface area contributed by atoms with Gasteiger partial charge in [-0.1, -0.05) is 18.7 Å². The van der Waals surface area contributed by atoms with Gasteiger partial charge >= 0.3 is 0 Å². The zero-order valence-corrected chi connectivity index (χ0v) is 16.1. The molecular formula is C23H25N3O2. The van der Waals surface area contributed by atoms with Crippen LogP contribution in [0.2, 0.25) is 0 Å². The van der Waals surface area contributed by atoms with Gasteiger partial charge in [0, 0.05) is 37.2 Å². The van der Waals surface area contributed by atoms with E-state index in [0.717, 1.165) is 43.4 Å². The summed E-state index contributed by atoms with van der Waals surface area (Å²) in [6.07, 6.45) is 6.59. The van der Waals surface area contributed by atoms with Crippen molar-refractivity contribution in [2.24, 2.45) is 0 Å². The average Bonchev–Trinajstić information content (AvgIpc) is 3.38. The van der Waals surface area contributed by atoms with E-state index in [9.17, 15) is 4.79 Å². The molecule has 28 heavy (non-hydrogen) atoms. The first-order valence-corrected chi connectivity index (χ1v) is 9.59. The third kappa shape index (κ3) is 3.88. The Hall–Kier alpha value is -3.21. The van der Waals surface area contributed by atoms with E-state index < -0.39 is 0 Å². The lowest BCUT2D eigenvalue weighted by atomic mass is 10.2. The quantitative estimate of drug-likeness (QED) is 0.737. The van der Waals surface area contributed by atoms with Crippen LogP contribution in [0.1, 0.15) is 12.0 Å². The molecule has 2 heterocycles. The van der Waals surface area contributed by atoms with E-state index in [1.165, 1.54) is 11.6 Å². The normalized spacial score (nSPS) is 18.6. The Kier molecular flexibility index (Phi) is 5.06. The molecule has 5 heteroatoms. The van der Waals surface area contributed by atoms with Crippen molar-refractivity contribution in [3.63, 3.8) is 0 Å². The highest BCUT2D eigenvalue weighted by Gasteiger charge is 2.30. The van der Waals surface area contributed by atoms with E-state index in [4.69, 9.17) is 4.74 Å². The highest BCUT2D eigenvalue weighted by Crippen LogP contribution is 2.28. The molecule has 0 unspecified atom stereocenters. The van der Waals surface area contributed by atoms with Gasteiger partial charge in [0.2, 0.25) is 5.91 Å². The van der Waals surface area contributed by atoms with Crippen LogP contribution in [-0.4, -0.2) is 41.5 Å². The fourth-order valence-corrected chi connectivity index (χ4v) is 3.70. The van der Waals surface area contributed by atoms with Crippen molar-refractivity contribution >= 4 is 11.6 Å². The van der Waals surface area contributed by atoms with Crippen LogP contribution in [0, 0.1) is 6.92 Å². The van der Waals surface area contributed by atoms with Gasteiger partial charge in [0.25, 0.3) is 0 Å². The number of nitrogens with zero attached hydrogens (tertiary/aromatic N) is 3. The SMILES string of the molecule is C=CC(=O)N1CC[C@@H](N2C=CN(c3ccc(Oc4cccc(C)c4)cc3)C2)C1. The zero-order chi connectivity index (χ0) is 19.5. The largest absolute Gasteiger partial charge is 0.457 e. The summed E-state index contributed by atoms with van der Waals surface area (Å²) in [6, 6.07) is 16.5. The molecule has 1 amide bonds. The number of likely N-dealkylation sites (tertiary alicyclic amines) is 1. The Morgan fingerprint density at radius 3 is 2.71 bits per heavy atom. The molecule has 0 radical (unpaired) electrons. The van der Waals surface area contributed by atoms with Gasteiger partial charge in [-0.25, -0.2) is 0 Å². The predicted molar refractivity (Wildman–Crippen MR) is 111 cm³/mol. The molecule has 2 aliphatic rings. The van der Waals surface area contributed by atoms with Crippen molar-refractivity contribution in [2.75, 3.05) is 24.7 Å². The van der Waals surface area contributed by atoms with Gasteiger partial charge in [-0.05, 0) is 61.4 Å². The van der Waals surface area contributed by atoms with Crippen LogP contribution >= 0.6 is 0 Å². The Morgan fingerprint density at radius 2 is 1.96 bits per heavy atom. The minimum Gasteiger partial charge on any atom is -0.457 e. The molecule has 1 fully saturated rings. The number of carbonyl (C=O) groups excluding carboxylic acids is 1. The van der Waals surface area contributed by atoms with E-state index in [-0.39, 0.29) is 5.91 Å². The summed E-state index contributed by atoms with van der Waals surface area (Å²) < 4.78 is 5.93. The highest BCUT2D eigenvalue weighted by molar-refractivity contribution is 5.87. The third-order valence-electron chi connectivity index (χ3n) is 5.27. The van der Waals surface area contributed by atoms with Gasteiger partial charge in [0.15, 0.2) is 0 Å². The van der Waals surface area contributed by atoms with Gasteiger partial charge < -0.3 is 19.4 Å². The minimum absolute atomic E-state index is 0.0201. The Labute approximate surface area is 166 Å². The van der Waals surface area contributed by atoms with Crippen molar-refractivity contribution in [1.29, 1.82) is 0 Å².